The fourth-order valence-corrected chi connectivity index (χ4v) is 3.52. The van der Waals surface area contributed by atoms with Crippen LogP contribution in [0.5, 0.6) is 0 Å². The number of nitrogens with zero attached hydrogens (tertiary/aromatic N) is 1. The SMILES string of the molecule is CN(C(=O)Cc1ccc(C(N)=S)cc1)C1CCSC1. The van der Waals surface area contributed by atoms with Crippen LogP contribution in [0.25, 0.3) is 0 Å². The normalized spacial score (nSPS) is 18.3. The van der Waals surface area contributed by atoms with E-state index in [4.69, 9.17) is 18.0 Å². The van der Waals surface area contributed by atoms with Crippen molar-refractivity contribution in [1.82, 2.24) is 4.90 Å². The highest BCUT2D eigenvalue weighted by Gasteiger charge is 2.23. The summed E-state index contributed by atoms with van der Waals surface area (Å²) in [7, 11) is 1.91. The number of benzene rings is 1. The van der Waals surface area contributed by atoms with Gasteiger partial charge in [0, 0.05) is 24.4 Å². The number of hydrogen-bond acceptors (Lipinski definition) is 3. The summed E-state index contributed by atoms with van der Waals surface area (Å²) in [4.78, 5) is 14.5. The average molecular weight is 294 g/mol. The van der Waals surface area contributed by atoms with E-state index in [0.29, 0.717) is 17.5 Å². The van der Waals surface area contributed by atoms with Crippen molar-refractivity contribution in [1.29, 1.82) is 0 Å². The number of thioether (sulfide) groups is 1. The first-order chi connectivity index (χ1) is 9.08. The molecule has 0 saturated carbocycles. The van der Waals surface area contributed by atoms with Gasteiger partial charge in [-0.05, 0) is 17.7 Å². The Hall–Kier alpha value is -1.07. The fourth-order valence-electron chi connectivity index (χ4n) is 2.12. The largest absolute Gasteiger partial charge is 0.389 e. The Morgan fingerprint density at radius 2 is 2.16 bits per heavy atom. The van der Waals surface area contributed by atoms with Gasteiger partial charge in [0.2, 0.25) is 5.91 Å². The molecule has 5 heteroatoms. The minimum atomic E-state index is 0.176. The molecule has 0 spiro atoms. The number of carbonyl (C=O) groups excluding carboxylic acids is 1. The summed E-state index contributed by atoms with van der Waals surface area (Å²) >= 11 is 6.82. The molecule has 1 aliphatic rings. The number of thiocarbonyl (C=S) groups is 1. The van der Waals surface area contributed by atoms with E-state index in [2.05, 4.69) is 0 Å². The Bertz CT molecular complexity index is 467. The van der Waals surface area contributed by atoms with E-state index in [0.717, 1.165) is 29.1 Å². The molecule has 1 aliphatic heterocycles. The van der Waals surface area contributed by atoms with Gasteiger partial charge in [-0.15, -0.1) is 0 Å². The lowest BCUT2D eigenvalue weighted by Crippen LogP contribution is -2.37. The highest BCUT2D eigenvalue weighted by atomic mass is 32.2. The zero-order valence-corrected chi connectivity index (χ0v) is 12.6. The van der Waals surface area contributed by atoms with Gasteiger partial charge in [0.1, 0.15) is 4.99 Å². The van der Waals surface area contributed by atoms with Crippen LogP contribution in [-0.4, -0.2) is 40.4 Å². The Morgan fingerprint density at radius 1 is 1.47 bits per heavy atom. The molecule has 1 saturated heterocycles. The zero-order valence-electron chi connectivity index (χ0n) is 11.0. The Kier molecular flexibility index (Phi) is 4.82. The predicted molar refractivity (Wildman–Crippen MR) is 84.5 cm³/mol. The molecule has 19 heavy (non-hydrogen) atoms. The number of likely N-dealkylation sites (N-methyl/N-ethyl adjacent to an activating group) is 1. The molecule has 0 bridgehead atoms. The van der Waals surface area contributed by atoms with E-state index in [1.807, 2.05) is 48.0 Å². The first kappa shape index (κ1) is 14.3. The molecule has 0 aliphatic carbocycles. The second kappa shape index (κ2) is 6.39. The number of rotatable bonds is 4. The van der Waals surface area contributed by atoms with Crippen LogP contribution in [0.2, 0.25) is 0 Å². The monoisotopic (exact) mass is 294 g/mol. The molecule has 3 nitrogen and oxygen atoms in total. The van der Waals surface area contributed by atoms with E-state index in [1.165, 1.54) is 0 Å². The van der Waals surface area contributed by atoms with E-state index in [1.54, 1.807) is 0 Å². The molecular weight excluding hydrogens is 276 g/mol. The number of amides is 1. The molecule has 1 aromatic carbocycles. The van der Waals surface area contributed by atoms with Crippen LogP contribution in [0.1, 0.15) is 17.5 Å². The van der Waals surface area contributed by atoms with Gasteiger partial charge in [0.25, 0.3) is 0 Å². The summed E-state index contributed by atoms with van der Waals surface area (Å²) in [5.74, 6) is 2.39. The van der Waals surface area contributed by atoms with Crippen LogP contribution < -0.4 is 5.73 Å². The Balaban J connectivity index is 1.96. The van der Waals surface area contributed by atoms with Crippen molar-refractivity contribution < 1.29 is 4.79 Å². The van der Waals surface area contributed by atoms with Gasteiger partial charge >= 0.3 is 0 Å². The molecule has 2 N–H and O–H groups in total. The minimum Gasteiger partial charge on any atom is -0.389 e. The van der Waals surface area contributed by atoms with Crippen LogP contribution in [0.4, 0.5) is 0 Å². The van der Waals surface area contributed by atoms with Crippen LogP contribution >= 0.6 is 24.0 Å². The van der Waals surface area contributed by atoms with Gasteiger partial charge in [-0.1, -0.05) is 36.5 Å². The van der Waals surface area contributed by atoms with E-state index >= 15 is 0 Å². The molecular formula is C14H18N2OS2. The van der Waals surface area contributed by atoms with Crippen LogP contribution in [0.15, 0.2) is 24.3 Å². The zero-order chi connectivity index (χ0) is 13.8. The molecule has 0 radical (unpaired) electrons. The fraction of sp³-hybridized carbons (Fsp3) is 0.429. The molecule has 0 aromatic heterocycles. The van der Waals surface area contributed by atoms with Gasteiger partial charge in [0.05, 0.1) is 6.42 Å². The highest BCUT2D eigenvalue weighted by Crippen LogP contribution is 2.21. The van der Waals surface area contributed by atoms with E-state index < -0.39 is 0 Å². The lowest BCUT2D eigenvalue weighted by Gasteiger charge is -2.23. The van der Waals surface area contributed by atoms with E-state index in [9.17, 15) is 4.79 Å². The maximum absolute atomic E-state index is 12.2. The first-order valence-corrected chi connectivity index (χ1v) is 7.86. The lowest BCUT2D eigenvalue weighted by molar-refractivity contribution is -0.130. The van der Waals surface area contributed by atoms with Crippen molar-refractivity contribution in [3.05, 3.63) is 35.4 Å². The third kappa shape index (κ3) is 3.70. The standard InChI is InChI=1S/C14H18N2OS2/c1-16(12-6-7-19-9-12)13(17)8-10-2-4-11(5-3-10)14(15)18/h2-5,12H,6-9H2,1H3,(H2,15,18). The summed E-state index contributed by atoms with van der Waals surface area (Å²) < 4.78 is 0. The number of nitrogens with two attached hydrogens (primary N) is 1. The summed E-state index contributed by atoms with van der Waals surface area (Å²) in [6.45, 7) is 0. The first-order valence-electron chi connectivity index (χ1n) is 6.30. The summed E-state index contributed by atoms with van der Waals surface area (Å²) in [6, 6.07) is 7.98. The second-order valence-corrected chi connectivity index (χ2v) is 6.35. The number of hydrogen-bond donors (Lipinski definition) is 1. The quantitative estimate of drug-likeness (QED) is 0.861. The summed E-state index contributed by atoms with van der Waals surface area (Å²) in [5.41, 5.74) is 7.39. The maximum atomic E-state index is 12.2. The number of carbonyl (C=O) groups is 1. The average Bonchev–Trinajstić information content (AvgIpc) is 2.92. The van der Waals surface area contributed by atoms with Crippen molar-refractivity contribution in [2.24, 2.45) is 5.73 Å². The molecule has 1 aromatic rings. The molecule has 1 amide bonds. The third-order valence-electron chi connectivity index (χ3n) is 3.44. The molecule has 102 valence electrons. The molecule has 1 fully saturated rings. The van der Waals surface area contributed by atoms with Crippen LogP contribution in [0.3, 0.4) is 0 Å². The predicted octanol–water partition coefficient (Wildman–Crippen LogP) is 1.83. The highest BCUT2D eigenvalue weighted by molar-refractivity contribution is 7.99. The van der Waals surface area contributed by atoms with Gasteiger partial charge in [-0.2, -0.15) is 11.8 Å². The summed E-state index contributed by atoms with van der Waals surface area (Å²) in [6.07, 6.45) is 1.54. The third-order valence-corrected chi connectivity index (χ3v) is 4.82. The second-order valence-electron chi connectivity index (χ2n) is 4.76. The van der Waals surface area contributed by atoms with Gasteiger partial charge < -0.3 is 10.6 Å². The maximum Gasteiger partial charge on any atom is 0.227 e. The smallest absolute Gasteiger partial charge is 0.227 e. The van der Waals surface area contributed by atoms with Gasteiger partial charge in [-0.25, -0.2) is 0 Å². The van der Waals surface area contributed by atoms with Gasteiger partial charge in [-0.3, -0.25) is 4.79 Å². The molecule has 1 atom stereocenters. The topological polar surface area (TPSA) is 46.3 Å². The molecule has 1 unspecified atom stereocenters. The molecule has 1 heterocycles. The van der Waals surface area contributed by atoms with Crippen molar-refractivity contribution >= 4 is 34.9 Å². The van der Waals surface area contributed by atoms with Crippen molar-refractivity contribution in [2.75, 3.05) is 18.6 Å². The molecule has 2 rings (SSSR count). The van der Waals surface area contributed by atoms with Crippen molar-refractivity contribution in [2.45, 2.75) is 18.9 Å². The van der Waals surface area contributed by atoms with Crippen molar-refractivity contribution in [3.8, 4) is 0 Å². The summed E-state index contributed by atoms with van der Waals surface area (Å²) in [5, 5.41) is 0. The van der Waals surface area contributed by atoms with E-state index in [-0.39, 0.29) is 5.91 Å². The minimum absolute atomic E-state index is 0.176. The van der Waals surface area contributed by atoms with Crippen LogP contribution in [0, 0.1) is 0 Å². The van der Waals surface area contributed by atoms with Gasteiger partial charge in [0.15, 0.2) is 0 Å². The Morgan fingerprint density at radius 3 is 2.68 bits per heavy atom. The Labute approximate surface area is 123 Å². The van der Waals surface area contributed by atoms with Crippen molar-refractivity contribution in [3.63, 3.8) is 0 Å². The lowest BCUT2D eigenvalue weighted by atomic mass is 10.1. The van der Waals surface area contributed by atoms with Crippen LogP contribution in [-0.2, 0) is 11.2 Å².